The Balaban J connectivity index is 2.47. The third kappa shape index (κ3) is 4.09. The van der Waals surface area contributed by atoms with Crippen LogP contribution in [0, 0.1) is 11.3 Å². The van der Waals surface area contributed by atoms with Gasteiger partial charge in [-0.25, -0.2) is 4.68 Å². The number of halogens is 1. The molecule has 0 atom stereocenters. The quantitative estimate of drug-likeness (QED) is 0.359. The van der Waals surface area contributed by atoms with Crippen LogP contribution in [0.25, 0.3) is 6.08 Å². The lowest BCUT2D eigenvalue weighted by Gasteiger charge is -2.10. The van der Waals surface area contributed by atoms with E-state index >= 15 is 0 Å². The fraction of sp³-hybridized carbons (Fsp3) is 0.333. The van der Waals surface area contributed by atoms with Crippen LogP contribution in [0.1, 0.15) is 36.2 Å². The van der Waals surface area contributed by atoms with Gasteiger partial charge in [0.1, 0.15) is 5.75 Å². The number of benzene rings is 1. The average molecular weight is 437 g/mol. The van der Waals surface area contributed by atoms with Crippen LogP contribution in [0.2, 0.25) is 0 Å². The smallest absolute Gasteiger partial charge is 0.221 e. The molecule has 0 amide bonds. The van der Waals surface area contributed by atoms with Crippen LogP contribution in [0.5, 0.6) is 11.6 Å². The number of methoxy groups -OCH3 is 1. The molecule has 0 unspecified atom stereocenters. The van der Waals surface area contributed by atoms with Crippen molar-refractivity contribution in [3.63, 3.8) is 0 Å². The van der Waals surface area contributed by atoms with Gasteiger partial charge in [-0.3, -0.25) is 0 Å². The highest BCUT2D eigenvalue weighted by Gasteiger charge is 2.17. The van der Waals surface area contributed by atoms with Crippen LogP contribution < -0.4 is 4.74 Å². The number of ether oxygens (including phenoxy) is 2. The van der Waals surface area contributed by atoms with Gasteiger partial charge in [-0.15, -0.1) is 0 Å². The number of rotatable bonds is 7. The summed E-state index contributed by atoms with van der Waals surface area (Å²) in [6.45, 7) is 4.78. The number of nitrogens with zero attached hydrogens (tertiary/aromatic N) is 3. The average Bonchev–Trinajstić information content (AvgIpc) is 2.95. The van der Waals surface area contributed by atoms with E-state index in [1.807, 2.05) is 29.8 Å². The molecule has 0 aliphatic rings. The van der Waals surface area contributed by atoms with Gasteiger partial charge < -0.3 is 9.47 Å². The largest absolute Gasteiger partial charge is 0.504 e. The Morgan fingerprint density at radius 3 is 2.71 bits per heavy atom. The monoisotopic (exact) mass is 437 g/mol. The third-order valence-electron chi connectivity index (χ3n) is 3.51. The molecule has 0 saturated heterocycles. The first-order chi connectivity index (χ1) is 11.7. The standard InChI is InChI=1S/C18H20IN3O2/c1-4-16-17(6-7-23-3)21-22(5-2)18(16)24-15-9-13(11-19)8-14(10-15)12-20/h6-10H,4-5,11H2,1-3H3/b7-6+. The Labute approximate surface area is 156 Å². The minimum absolute atomic E-state index is 0.597. The van der Waals surface area contributed by atoms with Crippen molar-refractivity contribution in [2.75, 3.05) is 7.11 Å². The first-order valence-corrected chi connectivity index (χ1v) is 9.26. The molecule has 2 aromatic rings. The Bertz CT molecular complexity index is 775. The third-order valence-corrected chi connectivity index (χ3v) is 4.39. The van der Waals surface area contributed by atoms with Crippen molar-refractivity contribution in [1.82, 2.24) is 9.78 Å². The van der Waals surface area contributed by atoms with Gasteiger partial charge in [0.15, 0.2) is 0 Å². The Hall–Kier alpha value is -2.01. The van der Waals surface area contributed by atoms with Gasteiger partial charge in [0.25, 0.3) is 0 Å². The SMILES string of the molecule is CCc1c(/C=C/OC)nn(CC)c1Oc1cc(C#N)cc(CI)c1. The fourth-order valence-corrected chi connectivity index (χ4v) is 2.84. The highest BCUT2D eigenvalue weighted by molar-refractivity contribution is 14.1. The molecule has 24 heavy (non-hydrogen) atoms. The zero-order chi connectivity index (χ0) is 17.5. The van der Waals surface area contributed by atoms with Crippen LogP contribution in [-0.2, 0) is 22.1 Å². The number of aromatic nitrogens is 2. The second-order valence-electron chi connectivity index (χ2n) is 5.09. The van der Waals surface area contributed by atoms with Crippen molar-refractivity contribution >= 4 is 28.7 Å². The van der Waals surface area contributed by atoms with Gasteiger partial charge in [-0.05, 0) is 37.1 Å². The summed E-state index contributed by atoms with van der Waals surface area (Å²) in [6.07, 6.45) is 4.23. The number of alkyl halides is 1. The van der Waals surface area contributed by atoms with Gasteiger partial charge in [-0.1, -0.05) is 29.5 Å². The molecule has 0 radical (unpaired) electrons. The van der Waals surface area contributed by atoms with E-state index in [0.717, 1.165) is 27.7 Å². The molecule has 0 fully saturated rings. The number of hydrogen-bond acceptors (Lipinski definition) is 4. The summed E-state index contributed by atoms with van der Waals surface area (Å²) in [7, 11) is 1.61. The lowest BCUT2D eigenvalue weighted by atomic mass is 10.1. The van der Waals surface area contributed by atoms with Gasteiger partial charge >= 0.3 is 0 Å². The van der Waals surface area contributed by atoms with E-state index in [1.54, 1.807) is 19.4 Å². The highest BCUT2D eigenvalue weighted by atomic mass is 127. The summed E-state index contributed by atoms with van der Waals surface area (Å²) in [5.74, 6) is 1.37. The van der Waals surface area contributed by atoms with Crippen LogP contribution in [0.15, 0.2) is 24.5 Å². The number of aryl methyl sites for hydroxylation is 1. The van der Waals surface area contributed by atoms with E-state index < -0.39 is 0 Å². The maximum Gasteiger partial charge on any atom is 0.221 e. The van der Waals surface area contributed by atoms with E-state index in [2.05, 4.69) is 40.7 Å². The normalized spacial score (nSPS) is 10.8. The van der Waals surface area contributed by atoms with E-state index in [9.17, 15) is 5.26 Å². The van der Waals surface area contributed by atoms with E-state index in [4.69, 9.17) is 9.47 Å². The second kappa shape index (κ2) is 8.73. The van der Waals surface area contributed by atoms with Gasteiger partial charge in [-0.2, -0.15) is 10.4 Å². The summed E-state index contributed by atoms with van der Waals surface area (Å²) < 4.78 is 13.8. The fourth-order valence-electron chi connectivity index (χ4n) is 2.40. The topological polar surface area (TPSA) is 60.1 Å². The van der Waals surface area contributed by atoms with Crippen molar-refractivity contribution < 1.29 is 9.47 Å². The maximum absolute atomic E-state index is 9.20. The first-order valence-electron chi connectivity index (χ1n) is 7.73. The zero-order valence-corrected chi connectivity index (χ0v) is 16.2. The maximum atomic E-state index is 9.20. The molecule has 126 valence electrons. The summed E-state index contributed by atoms with van der Waals surface area (Å²) in [6, 6.07) is 7.78. The Morgan fingerprint density at radius 2 is 2.12 bits per heavy atom. The molecule has 1 aromatic carbocycles. The molecule has 1 aromatic heterocycles. The van der Waals surface area contributed by atoms with Crippen LogP contribution in [0.3, 0.4) is 0 Å². The summed E-state index contributed by atoms with van der Waals surface area (Å²) >= 11 is 2.28. The van der Waals surface area contributed by atoms with E-state index in [0.29, 0.717) is 23.7 Å². The number of nitriles is 1. The molecule has 0 aliphatic carbocycles. The molecule has 5 nitrogen and oxygen atoms in total. The van der Waals surface area contributed by atoms with Crippen LogP contribution in [0.4, 0.5) is 0 Å². The molecule has 0 spiro atoms. The lowest BCUT2D eigenvalue weighted by Crippen LogP contribution is -2.01. The van der Waals surface area contributed by atoms with Gasteiger partial charge in [0.2, 0.25) is 5.88 Å². The first kappa shape index (κ1) is 18.3. The summed E-state index contributed by atoms with van der Waals surface area (Å²) in [4.78, 5) is 0. The summed E-state index contributed by atoms with van der Waals surface area (Å²) in [5.41, 5.74) is 3.51. The molecule has 6 heteroatoms. The highest BCUT2D eigenvalue weighted by Crippen LogP contribution is 2.31. The minimum atomic E-state index is 0.597. The molecular weight excluding hydrogens is 417 g/mol. The molecule has 0 saturated carbocycles. The van der Waals surface area contributed by atoms with Crippen molar-refractivity contribution in [1.29, 1.82) is 5.26 Å². The lowest BCUT2D eigenvalue weighted by molar-refractivity contribution is 0.341. The zero-order valence-electron chi connectivity index (χ0n) is 14.0. The molecular formula is C18H20IN3O2. The van der Waals surface area contributed by atoms with Crippen molar-refractivity contribution in [3.8, 4) is 17.7 Å². The molecule has 0 aliphatic heterocycles. The van der Waals surface area contributed by atoms with Crippen LogP contribution >= 0.6 is 22.6 Å². The Morgan fingerprint density at radius 1 is 1.33 bits per heavy atom. The molecule has 0 bridgehead atoms. The van der Waals surface area contributed by atoms with Gasteiger partial charge in [0, 0.05) is 22.6 Å². The second-order valence-corrected chi connectivity index (χ2v) is 5.85. The number of hydrogen-bond donors (Lipinski definition) is 0. The van der Waals surface area contributed by atoms with Crippen molar-refractivity contribution in [3.05, 3.63) is 46.8 Å². The predicted molar refractivity (Wildman–Crippen MR) is 102 cm³/mol. The van der Waals surface area contributed by atoms with Crippen molar-refractivity contribution in [2.24, 2.45) is 0 Å². The predicted octanol–water partition coefficient (Wildman–Crippen LogP) is 4.68. The van der Waals surface area contributed by atoms with Crippen LogP contribution in [-0.4, -0.2) is 16.9 Å². The molecule has 0 N–H and O–H groups in total. The van der Waals surface area contributed by atoms with E-state index in [1.165, 1.54) is 0 Å². The minimum Gasteiger partial charge on any atom is -0.504 e. The van der Waals surface area contributed by atoms with Gasteiger partial charge in [0.05, 0.1) is 30.7 Å². The van der Waals surface area contributed by atoms with E-state index in [-0.39, 0.29) is 0 Å². The molecule has 1 heterocycles. The molecule has 2 rings (SSSR count). The Kier molecular flexibility index (Phi) is 6.67. The van der Waals surface area contributed by atoms with Crippen molar-refractivity contribution in [2.45, 2.75) is 31.2 Å². The summed E-state index contributed by atoms with van der Waals surface area (Å²) in [5, 5.41) is 13.8.